The van der Waals surface area contributed by atoms with Gasteiger partial charge < -0.3 is 5.73 Å². The fraction of sp³-hybridized carbons (Fsp3) is 0.500. The van der Waals surface area contributed by atoms with Crippen LogP contribution in [0.1, 0.15) is 18.4 Å². The molecule has 1 aliphatic carbocycles. The van der Waals surface area contributed by atoms with Gasteiger partial charge in [-0.15, -0.1) is 0 Å². The van der Waals surface area contributed by atoms with Gasteiger partial charge in [0, 0.05) is 41.7 Å². The van der Waals surface area contributed by atoms with Gasteiger partial charge in [0.15, 0.2) is 0 Å². The minimum absolute atomic E-state index is 0.168. The summed E-state index contributed by atoms with van der Waals surface area (Å²) in [7, 11) is 0. The minimum Gasteiger partial charge on any atom is -0.330 e. The lowest BCUT2D eigenvalue weighted by atomic mass is 9.62. The Balaban J connectivity index is 2.34. The van der Waals surface area contributed by atoms with Crippen molar-refractivity contribution in [2.75, 3.05) is 6.54 Å². The number of hydrogen-bond donors (Lipinski definition) is 1. The Bertz CT molecular complexity index is 373. The SMILES string of the molecule is NCC1(c2ccncc2Br)CC(F)(F)C1. The molecule has 1 aliphatic rings. The average Bonchev–Trinajstić information content (AvgIpc) is 2.14. The first-order valence-corrected chi connectivity index (χ1v) is 5.46. The van der Waals surface area contributed by atoms with Crippen LogP contribution in [0.4, 0.5) is 8.78 Å². The van der Waals surface area contributed by atoms with E-state index in [2.05, 4.69) is 20.9 Å². The van der Waals surface area contributed by atoms with Crippen molar-refractivity contribution in [2.24, 2.45) is 5.73 Å². The van der Waals surface area contributed by atoms with E-state index in [1.54, 1.807) is 18.5 Å². The highest BCUT2D eigenvalue weighted by molar-refractivity contribution is 9.10. The van der Waals surface area contributed by atoms with E-state index in [0.29, 0.717) is 0 Å². The molecule has 0 aliphatic heterocycles. The van der Waals surface area contributed by atoms with E-state index in [4.69, 9.17) is 5.73 Å². The third-order valence-electron chi connectivity index (χ3n) is 2.93. The topological polar surface area (TPSA) is 38.9 Å². The van der Waals surface area contributed by atoms with E-state index in [0.717, 1.165) is 10.0 Å². The van der Waals surface area contributed by atoms with Crippen LogP contribution in [0.5, 0.6) is 0 Å². The fourth-order valence-corrected chi connectivity index (χ4v) is 2.86. The summed E-state index contributed by atoms with van der Waals surface area (Å²) in [5.41, 5.74) is 5.88. The number of aromatic nitrogens is 1. The van der Waals surface area contributed by atoms with E-state index < -0.39 is 11.3 Å². The number of nitrogens with zero attached hydrogens (tertiary/aromatic N) is 1. The van der Waals surface area contributed by atoms with Crippen LogP contribution >= 0.6 is 15.9 Å². The van der Waals surface area contributed by atoms with Crippen LogP contribution in [0.2, 0.25) is 0 Å². The van der Waals surface area contributed by atoms with Gasteiger partial charge in [-0.05, 0) is 27.6 Å². The summed E-state index contributed by atoms with van der Waals surface area (Å²) >= 11 is 3.32. The van der Waals surface area contributed by atoms with Crippen LogP contribution in [-0.4, -0.2) is 17.5 Å². The highest BCUT2D eigenvalue weighted by Crippen LogP contribution is 2.53. The Morgan fingerprint density at radius 2 is 2.13 bits per heavy atom. The molecule has 2 N–H and O–H groups in total. The highest BCUT2D eigenvalue weighted by Gasteiger charge is 2.57. The second-order valence-electron chi connectivity index (χ2n) is 4.05. The molecule has 1 aromatic rings. The van der Waals surface area contributed by atoms with Crippen molar-refractivity contribution in [1.29, 1.82) is 0 Å². The van der Waals surface area contributed by atoms with Gasteiger partial charge in [-0.2, -0.15) is 0 Å². The number of alkyl halides is 2. The molecule has 0 bridgehead atoms. The lowest BCUT2D eigenvalue weighted by Gasteiger charge is -2.47. The molecular formula is C10H11BrF2N2. The Morgan fingerprint density at radius 1 is 1.47 bits per heavy atom. The standard InChI is InChI=1S/C10H11BrF2N2/c11-8-3-15-2-1-7(8)9(6-14)4-10(12,13)5-9/h1-3H,4-6,14H2. The monoisotopic (exact) mass is 276 g/mol. The molecule has 0 atom stereocenters. The molecule has 1 aromatic heterocycles. The second-order valence-corrected chi connectivity index (χ2v) is 4.90. The first-order chi connectivity index (χ1) is 6.99. The van der Waals surface area contributed by atoms with Gasteiger partial charge in [0.25, 0.3) is 0 Å². The van der Waals surface area contributed by atoms with Gasteiger partial charge in [0.05, 0.1) is 0 Å². The van der Waals surface area contributed by atoms with Crippen LogP contribution in [0.3, 0.4) is 0 Å². The number of nitrogens with two attached hydrogens (primary N) is 1. The first kappa shape index (κ1) is 11.0. The number of halogens is 3. The predicted octanol–water partition coefficient (Wildman–Crippen LogP) is 2.47. The van der Waals surface area contributed by atoms with Gasteiger partial charge in [-0.1, -0.05) is 0 Å². The molecule has 1 fully saturated rings. The molecule has 2 rings (SSSR count). The number of rotatable bonds is 2. The molecule has 0 radical (unpaired) electrons. The maximum Gasteiger partial charge on any atom is 0.250 e. The smallest absolute Gasteiger partial charge is 0.250 e. The summed E-state index contributed by atoms with van der Waals surface area (Å²) in [6.07, 6.45) is 2.88. The van der Waals surface area contributed by atoms with Crippen LogP contribution in [0.15, 0.2) is 22.9 Å². The molecule has 1 heterocycles. The van der Waals surface area contributed by atoms with Gasteiger partial charge in [0.1, 0.15) is 0 Å². The lowest BCUT2D eigenvalue weighted by molar-refractivity contribution is -0.124. The van der Waals surface area contributed by atoms with E-state index in [1.807, 2.05) is 0 Å². The third kappa shape index (κ3) is 1.78. The number of hydrogen-bond acceptors (Lipinski definition) is 2. The van der Waals surface area contributed by atoms with Gasteiger partial charge >= 0.3 is 0 Å². The van der Waals surface area contributed by atoms with Crippen molar-refractivity contribution < 1.29 is 8.78 Å². The lowest BCUT2D eigenvalue weighted by Crippen LogP contribution is -2.53. The Hall–Kier alpha value is -0.550. The van der Waals surface area contributed by atoms with Gasteiger partial charge in [0.2, 0.25) is 5.92 Å². The van der Waals surface area contributed by atoms with Crippen LogP contribution in [-0.2, 0) is 5.41 Å². The molecular weight excluding hydrogens is 266 g/mol. The molecule has 0 amide bonds. The van der Waals surface area contributed by atoms with E-state index >= 15 is 0 Å². The van der Waals surface area contributed by atoms with Crippen molar-refractivity contribution in [3.05, 3.63) is 28.5 Å². The highest BCUT2D eigenvalue weighted by atomic mass is 79.9. The molecule has 15 heavy (non-hydrogen) atoms. The quantitative estimate of drug-likeness (QED) is 0.901. The van der Waals surface area contributed by atoms with Crippen LogP contribution in [0, 0.1) is 0 Å². The fourth-order valence-electron chi connectivity index (χ4n) is 2.19. The van der Waals surface area contributed by atoms with Crippen molar-refractivity contribution in [1.82, 2.24) is 4.98 Å². The van der Waals surface area contributed by atoms with E-state index in [9.17, 15) is 8.78 Å². The van der Waals surface area contributed by atoms with E-state index in [-0.39, 0.29) is 19.4 Å². The molecule has 5 heteroatoms. The summed E-state index contributed by atoms with van der Waals surface area (Å²) in [5, 5.41) is 0. The summed E-state index contributed by atoms with van der Waals surface area (Å²) in [6.45, 7) is 0.241. The molecule has 0 saturated heterocycles. The zero-order valence-electron chi connectivity index (χ0n) is 8.01. The summed E-state index contributed by atoms with van der Waals surface area (Å²) in [5.74, 6) is -2.57. The summed E-state index contributed by atoms with van der Waals surface area (Å²) in [6, 6.07) is 1.76. The molecule has 0 spiro atoms. The zero-order valence-corrected chi connectivity index (χ0v) is 9.60. The summed E-state index contributed by atoms with van der Waals surface area (Å²) in [4.78, 5) is 3.91. The molecule has 82 valence electrons. The molecule has 0 unspecified atom stereocenters. The van der Waals surface area contributed by atoms with Crippen LogP contribution < -0.4 is 5.73 Å². The average molecular weight is 277 g/mol. The molecule has 2 nitrogen and oxygen atoms in total. The molecule has 1 saturated carbocycles. The van der Waals surface area contributed by atoms with Crippen LogP contribution in [0.25, 0.3) is 0 Å². The van der Waals surface area contributed by atoms with E-state index in [1.165, 1.54) is 0 Å². The Kier molecular flexibility index (Phi) is 2.55. The van der Waals surface area contributed by atoms with Gasteiger partial charge in [-0.3, -0.25) is 4.98 Å². The third-order valence-corrected chi connectivity index (χ3v) is 3.56. The van der Waals surface area contributed by atoms with Crippen molar-refractivity contribution in [3.63, 3.8) is 0 Å². The first-order valence-electron chi connectivity index (χ1n) is 4.67. The largest absolute Gasteiger partial charge is 0.330 e. The zero-order chi connectivity index (χ0) is 11.1. The maximum absolute atomic E-state index is 13.0. The summed E-state index contributed by atoms with van der Waals surface area (Å²) < 4.78 is 26.7. The Labute approximate surface area is 95.0 Å². The minimum atomic E-state index is -2.57. The maximum atomic E-state index is 13.0. The van der Waals surface area contributed by atoms with Crippen molar-refractivity contribution in [2.45, 2.75) is 24.2 Å². The molecule has 0 aromatic carbocycles. The van der Waals surface area contributed by atoms with Gasteiger partial charge in [-0.25, -0.2) is 8.78 Å². The second kappa shape index (κ2) is 3.49. The Morgan fingerprint density at radius 3 is 2.60 bits per heavy atom. The van der Waals surface area contributed by atoms with Crippen molar-refractivity contribution in [3.8, 4) is 0 Å². The predicted molar refractivity (Wildman–Crippen MR) is 56.9 cm³/mol. The normalized spacial score (nSPS) is 22.1. The number of pyridine rings is 1. The van der Waals surface area contributed by atoms with Crippen molar-refractivity contribution >= 4 is 15.9 Å².